The number of nitrogens with two attached hydrogens (primary N) is 1. The van der Waals surface area contributed by atoms with E-state index in [9.17, 15) is 0 Å². The maximum Gasteiger partial charge on any atom is 0.161 e. The zero-order valence-corrected chi connectivity index (χ0v) is 12.8. The molecule has 1 aromatic heterocycles. The first-order valence-corrected chi connectivity index (χ1v) is 7.73. The molecular weight excluding hydrogens is 270 g/mol. The van der Waals surface area contributed by atoms with E-state index in [4.69, 9.17) is 15.2 Å². The Morgan fingerprint density at radius 3 is 2.70 bits per heavy atom. The molecule has 0 radical (unpaired) electrons. The van der Waals surface area contributed by atoms with E-state index in [-0.39, 0.29) is 6.04 Å². The molecule has 0 amide bonds. The lowest BCUT2D eigenvalue weighted by Gasteiger charge is -2.13. The molecule has 0 spiro atoms. The van der Waals surface area contributed by atoms with Gasteiger partial charge in [-0.2, -0.15) is 11.3 Å². The van der Waals surface area contributed by atoms with E-state index < -0.39 is 0 Å². The van der Waals surface area contributed by atoms with Gasteiger partial charge in [0.2, 0.25) is 0 Å². The van der Waals surface area contributed by atoms with Crippen LogP contribution in [0.2, 0.25) is 0 Å². The molecule has 0 aliphatic carbocycles. The number of hydrogen-bond acceptors (Lipinski definition) is 4. The lowest BCUT2D eigenvalue weighted by Crippen LogP contribution is -2.21. The maximum atomic E-state index is 5.99. The maximum absolute atomic E-state index is 5.99. The Morgan fingerprint density at radius 2 is 2.05 bits per heavy atom. The molecule has 4 heteroatoms. The molecule has 0 fully saturated rings. The molecule has 0 aliphatic rings. The van der Waals surface area contributed by atoms with Gasteiger partial charge in [0.15, 0.2) is 11.5 Å². The molecule has 0 bridgehead atoms. The van der Waals surface area contributed by atoms with Gasteiger partial charge in [-0.3, -0.25) is 0 Å². The SMILES string of the molecule is CCC(N)Cc1ccc(OCc2ccsc2)c(OC)c1. The van der Waals surface area contributed by atoms with Crippen molar-refractivity contribution in [3.05, 3.63) is 46.2 Å². The fourth-order valence-corrected chi connectivity index (χ4v) is 2.59. The van der Waals surface area contributed by atoms with E-state index in [1.54, 1.807) is 18.4 Å². The number of thiophene rings is 1. The highest BCUT2D eigenvalue weighted by molar-refractivity contribution is 7.07. The van der Waals surface area contributed by atoms with Crippen LogP contribution in [0.5, 0.6) is 11.5 Å². The summed E-state index contributed by atoms with van der Waals surface area (Å²) in [6.07, 6.45) is 1.83. The van der Waals surface area contributed by atoms with Crippen LogP contribution in [0.1, 0.15) is 24.5 Å². The van der Waals surface area contributed by atoms with Gasteiger partial charge in [-0.25, -0.2) is 0 Å². The van der Waals surface area contributed by atoms with Crippen LogP contribution in [0.4, 0.5) is 0 Å². The average molecular weight is 291 g/mol. The molecule has 3 nitrogen and oxygen atoms in total. The summed E-state index contributed by atoms with van der Waals surface area (Å²) >= 11 is 1.67. The summed E-state index contributed by atoms with van der Waals surface area (Å²) in [7, 11) is 1.66. The van der Waals surface area contributed by atoms with Crippen LogP contribution in [0.3, 0.4) is 0 Å². The Morgan fingerprint density at radius 1 is 1.20 bits per heavy atom. The number of hydrogen-bond donors (Lipinski definition) is 1. The van der Waals surface area contributed by atoms with Gasteiger partial charge in [-0.1, -0.05) is 13.0 Å². The van der Waals surface area contributed by atoms with Crippen LogP contribution in [-0.4, -0.2) is 13.2 Å². The van der Waals surface area contributed by atoms with Crippen molar-refractivity contribution >= 4 is 11.3 Å². The summed E-state index contributed by atoms with van der Waals surface area (Å²) in [5.41, 5.74) is 8.34. The molecule has 1 atom stereocenters. The van der Waals surface area contributed by atoms with E-state index in [0.29, 0.717) is 6.61 Å². The second-order valence-electron chi connectivity index (χ2n) is 4.78. The third kappa shape index (κ3) is 3.99. The van der Waals surface area contributed by atoms with Crippen LogP contribution in [0.25, 0.3) is 0 Å². The third-order valence-corrected chi connectivity index (χ3v) is 3.96. The molecular formula is C16H21NO2S. The molecule has 0 saturated heterocycles. The molecule has 2 aromatic rings. The summed E-state index contributed by atoms with van der Waals surface area (Å²) in [5.74, 6) is 1.54. The van der Waals surface area contributed by atoms with Crippen LogP contribution < -0.4 is 15.2 Å². The zero-order valence-electron chi connectivity index (χ0n) is 12.0. The van der Waals surface area contributed by atoms with Crippen molar-refractivity contribution in [2.24, 2.45) is 5.73 Å². The van der Waals surface area contributed by atoms with Gasteiger partial charge >= 0.3 is 0 Å². The predicted molar refractivity (Wildman–Crippen MR) is 83.6 cm³/mol. The molecule has 0 saturated carbocycles. The zero-order chi connectivity index (χ0) is 14.4. The molecule has 1 heterocycles. The van der Waals surface area contributed by atoms with Crippen molar-refractivity contribution in [1.29, 1.82) is 0 Å². The van der Waals surface area contributed by atoms with E-state index in [1.165, 1.54) is 11.1 Å². The molecule has 20 heavy (non-hydrogen) atoms. The van der Waals surface area contributed by atoms with E-state index >= 15 is 0 Å². The Balaban J connectivity index is 2.05. The summed E-state index contributed by atoms with van der Waals surface area (Å²) in [6, 6.07) is 8.28. The normalized spacial score (nSPS) is 12.2. The quantitative estimate of drug-likeness (QED) is 0.847. The van der Waals surface area contributed by atoms with Crippen molar-refractivity contribution in [3.8, 4) is 11.5 Å². The van der Waals surface area contributed by atoms with Crippen molar-refractivity contribution in [3.63, 3.8) is 0 Å². The molecule has 2 N–H and O–H groups in total. The van der Waals surface area contributed by atoms with E-state index in [2.05, 4.69) is 24.4 Å². The summed E-state index contributed by atoms with van der Waals surface area (Å²) in [4.78, 5) is 0. The first kappa shape index (κ1) is 14.9. The van der Waals surface area contributed by atoms with E-state index in [1.807, 2.05) is 17.5 Å². The minimum Gasteiger partial charge on any atom is -0.493 e. The van der Waals surface area contributed by atoms with Gasteiger partial charge in [0, 0.05) is 6.04 Å². The van der Waals surface area contributed by atoms with E-state index in [0.717, 1.165) is 24.3 Å². The minimum absolute atomic E-state index is 0.192. The molecule has 0 aliphatic heterocycles. The molecule has 1 unspecified atom stereocenters. The number of benzene rings is 1. The van der Waals surface area contributed by atoms with Crippen LogP contribution in [0.15, 0.2) is 35.0 Å². The van der Waals surface area contributed by atoms with Gasteiger partial charge in [0.25, 0.3) is 0 Å². The van der Waals surface area contributed by atoms with Gasteiger partial charge in [0.05, 0.1) is 7.11 Å². The smallest absolute Gasteiger partial charge is 0.161 e. The summed E-state index contributed by atoms with van der Waals surface area (Å²) in [5, 5.41) is 4.13. The third-order valence-electron chi connectivity index (χ3n) is 3.22. The van der Waals surface area contributed by atoms with Crippen molar-refractivity contribution < 1.29 is 9.47 Å². The standard InChI is InChI=1S/C16H21NO2S/c1-3-14(17)8-12-4-5-15(16(9-12)18-2)19-10-13-6-7-20-11-13/h4-7,9,11,14H,3,8,10,17H2,1-2H3. The first-order chi connectivity index (χ1) is 9.72. The minimum atomic E-state index is 0.192. The van der Waals surface area contributed by atoms with Crippen LogP contribution in [-0.2, 0) is 13.0 Å². The van der Waals surface area contributed by atoms with Gasteiger partial charge < -0.3 is 15.2 Å². The fourth-order valence-electron chi connectivity index (χ4n) is 1.94. The highest BCUT2D eigenvalue weighted by Gasteiger charge is 2.08. The number of methoxy groups -OCH3 is 1. The highest BCUT2D eigenvalue weighted by atomic mass is 32.1. The lowest BCUT2D eigenvalue weighted by molar-refractivity contribution is 0.284. The van der Waals surface area contributed by atoms with Crippen LogP contribution >= 0.6 is 11.3 Å². The lowest BCUT2D eigenvalue weighted by atomic mass is 10.0. The monoisotopic (exact) mass is 291 g/mol. The van der Waals surface area contributed by atoms with Crippen molar-refractivity contribution in [1.82, 2.24) is 0 Å². The van der Waals surface area contributed by atoms with Gasteiger partial charge in [-0.15, -0.1) is 0 Å². The fraction of sp³-hybridized carbons (Fsp3) is 0.375. The second-order valence-corrected chi connectivity index (χ2v) is 5.56. The topological polar surface area (TPSA) is 44.5 Å². The highest BCUT2D eigenvalue weighted by Crippen LogP contribution is 2.29. The van der Waals surface area contributed by atoms with Gasteiger partial charge in [0.1, 0.15) is 6.61 Å². The molecule has 2 rings (SSSR count). The Bertz CT molecular complexity index is 525. The Labute approximate surface area is 124 Å². The number of rotatable bonds is 7. The van der Waals surface area contributed by atoms with Crippen molar-refractivity contribution in [2.75, 3.05) is 7.11 Å². The average Bonchev–Trinajstić information content (AvgIpc) is 2.98. The van der Waals surface area contributed by atoms with Crippen LogP contribution in [0, 0.1) is 0 Å². The summed E-state index contributed by atoms with van der Waals surface area (Å²) < 4.78 is 11.2. The Hall–Kier alpha value is -1.52. The second kappa shape index (κ2) is 7.31. The van der Waals surface area contributed by atoms with Gasteiger partial charge in [-0.05, 0) is 52.9 Å². The number of ether oxygens (including phenoxy) is 2. The predicted octanol–water partition coefficient (Wildman–Crippen LogP) is 3.62. The molecule has 108 valence electrons. The largest absolute Gasteiger partial charge is 0.493 e. The van der Waals surface area contributed by atoms with Crippen molar-refractivity contribution in [2.45, 2.75) is 32.4 Å². The summed E-state index contributed by atoms with van der Waals surface area (Å²) in [6.45, 7) is 2.66. The first-order valence-electron chi connectivity index (χ1n) is 6.79. The molecule has 1 aromatic carbocycles. The Kier molecular flexibility index (Phi) is 5.44.